The number of sulfonamides is 1. The van der Waals surface area contributed by atoms with Gasteiger partial charge in [-0.1, -0.05) is 80.8 Å². The van der Waals surface area contributed by atoms with Gasteiger partial charge in [0.15, 0.2) is 0 Å². The molecule has 3 atom stereocenters. The van der Waals surface area contributed by atoms with Crippen LogP contribution >= 0.6 is 7.82 Å². The number of phosphoric acid groups is 1. The second-order valence-electron chi connectivity index (χ2n) is 10.5. The van der Waals surface area contributed by atoms with Crippen molar-refractivity contribution in [2.75, 3.05) is 32.4 Å². The molecule has 3 aromatic rings. The molecule has 0 radical (unpaired) electrons. The largest absolute Gasteiger partial charge is 2.00 e. The van der Waals surface area contributed by atoms with Crippen LogP contribution in [0.3, 0.4) is 0 Å². The minimum absolute atomic E-state index is 0. The van der Waals surface area contributed by atoms with E-state index in [0.29, 0.717) is 11.1 Å². The summed E-state index contributed by atoms with van der Waals surface area (Å²) in [6.07, 6.45) is -2.43. The van der Waals surface area contributed by atoms with Gasteiger partial charge < -0.3 is 40.0 Å². The summed E-state index contributed by atoms with van der Waals surface area (Å²) in [6.45, 7) is -11.9. The fourth-order valence-corrected chi connectivity index (χ4v) is 6.74. The van der Waals surface area contributed by atoms with Crippen LogP contribution in [0, 0.1) is 5.89 Å². The maximum absolute atomic E-state index is 14.1. The average Bonchev–Trinajstić information content (AvgIpc) is 3.10. The van der Waals surface area contributed by atoms with Crippen LogP contribution in [-0.4, -0.2) is 101 Å². The number of hydrogen-bond donors (Lipinski definition) is 3. The summed E-state index contributed by atoms with van der Waals surface area (Å²) >= 11 is 0. The van der Waals surface area contributed by atoms with Gasteiger partial charge in [0.2, 0.25) is 15.9 Å². The minimum Gasteiger partial charge on any atom is -0.790 e. The number of nitrogen functional groups attached to an aromatic ring is 1. The van der Waals surface area contributed by atoms with E-state index in [9.17, 15) is 32.4 Å². The Morgan fingerprint density at radius 2 is 1.59 bits per heavy atom. The molecule has 4 N–H and O–H groups in total. The van der Waals surface area contributed by atoms with Crippen LogP contribution in [0.5, 0.6) is 0 Å². The fraction of sp³-hybridized carbons (Fsp3) is 0.394. The maximum Gasteiger partial charge on any atom is 2.00 e. The van der Waals surface area contributed by atoms with E-state index in [1.807, 2.05) is 0 Å². The summed E-state index contributed by atoms with van der Waals surface area (Å²) in [5, 5.41) is 4.90. The van der Waals surface area contributed by atoms with Crippen LogP contribution in [0.25, 0.3) is 0 Å². The molecule has 0 saturated carbocycles. The SMILES string of the molecule is [2H]C(OP(=O)([O-])[O-])[C@H](CCCCNC(=O)[C@@H](NC(=O)OC([2H])([2H])[2H])C(c1ccccc1)c1ccccc1)N(CC([2H])(C([2H])([2H])[2H])C([2H])([2H])[2H])S(=O)(=O)c1ccc(N)cc1.[Ca+2]. The van der Waals surface area contributed by atoms with Gasteiger partial charge in [-0.3, -0.25) is 4.79 Å². The summed E-state index contributed by atoms with van der Waals surface area (Å²) in [7, 11) is -14.3. The van der Waals surface area contributed by atoms with Crippen molar-refractivity contribution in [3.05, 3.63) is 96.1 Å². The van der Waals surface area contributed by atoms with E-state index >= 15 is 0 Å². The molecule has 0 aliphatic carbocycles. The van der Waals surface area contributed by atoms with Gasteiger partial charge in [-0.25, -0.2) is 13.2 Å². The topological polar surface area (TPSA) is 203 Å². The van der Waals surface area contributed by atoms with Gasteiger partial charge in [0, 0.05) is 40.3 Å². The molecular formula is C33H43CaN4O9PS. The number of carbonyl (C=O) groups excluding carboxylic acids is 2. The van der Waals surface area contributed by atoms with E-state index in [2.05, 4.69) is 19.9 Å². The molecular weight excluding hydrogens is 700 g/mol. The third-order valence-electron chi connectivity index (χ3n) is 7.04. The molecule has 0 aromatic heterocycles. The summed E-state index contributed by atoms with van der Waals surface area (Å²) in [5.74, 6) is -5.32. The third-order valence-corrected chi connectivity index (χ3v) is 9.31. The predicted molar refractivity (Wildman–Crippen MR) is 184 cm³/mol. The van der Waals surface area contributed by atoms with Gasteiger partial charge in [-0.15, -0.1) is 0 Å². The van der Waals surface area contributed by atoms with Gasteiger partial charge in [0.05, 0.1) is 31.8 Å². The first-order valence-corrected chi connectivity index (χ1v) is 17.3. The van der Waals surface area contributed by atoms with Crippen molar-refractivity contribution in [1.29, 1.82) is 0 Å². The first-order chi connectivity index (χ1) is 27.1. The monoisotopic (exact) mass is 753 g/mol. The molecule has 262 valence electrons. The van der Waals surface area contributed by atoms with E-state index < -0.39 is 98.9 Å². The molecule has 49 heavy (non-hydrogen) atoms. The molecule has 2 amide bonds. The number of phosphoric ester groups is 1. The van der Waals surface area contributed by atoms with Crippen molar-refractivity contribution in [1.82, 2.24) is 14.9 Å². The van der Waals surface area contributed by atoms with E-state index in [0.717, 1.165) is 24.3 Å². The predicted octanol–water partition coefficient (Wildman–Crippen LogP) is 2.59. The number of carbonyl (C=O) groups is 2. The second kappa shape index (κ2) is 20.4. The van der Waals surface area contributed by atoms with Gasteiger partial charge >= 0.3 is 43.8 Å². The molecule has 13 nitrogen and oxygen atoms in total. The zero-order chi connectivity index (χ0) is 44.6. The van der Waals surface area contributed by atoms with E-state index in [1.54, 1.807) is 60.7 Å². The third kappa shape index (κ3) is 13.6. The number of nitrogens with one attached hydrogen (secondary N) is 2. The Morgan fingerprint density at radius 3 is 2.12 bits per heavy atom. The van der Waals surface area contributed by atoms with Crippen LogP contribution in [-0.2, 0) is 28.6 Å². The molecule has 1 unspecified atom stereocenters. The zero-order valence-corrected chi connectivity index (χ0v) is 30.1. The molecule has 0 aliphatic heterocycles. The Morgan fingerprint density at radius 1 is 1.00 bits per heavy atom. The number of nitrogens with zero attached hydrogens (tertiary/aromatic N) is 1. The van der Waals surface area contributed by atoms with Crippen molar-refractivity contribution >= 4 is 73.3 Å². The molecule has 0 heterocycles. The van der Waals surface area contributed by atoms with Gasteiger partial charge in [-0.05, 0) is 54.1 Å². The van der Waals surface area contributed by atoms with Crippen LogP contribution in [0.15, 0.2) is 89.8 Å². The number of alkyl carbamates (subject to hydrolysis) is 1. The fourth-order valence-electron chi connectivity index (χ4n) is 4.89. The Balaban J connectivity index is 0.0000124. The van der Waals surface area contributed by atoms with E-state index in [1.165, 1.54) is 0 Å². The summed E-state index contributed by atoms with van der Waals surface area (Å²) in [5.41, 5.74) is 6.83. The van der Waals surface area contributed by atoms with Gasteiger partial charge in [0.1, 0.15) is 6.04 Å². The number of anilines is 1. The quantitative estimate of drug-likeness (QED) is 0.0750. The molecule has 0 aliphatic rings. The van der Waals surface area contributed by atoms with Crippen molar-refractivity contribution in [3.63, 3.8) is 0 Å². The molecule has 0 fully saturated rings. The molecule has 3 aromatic carbocycles. The van der Waals surface area contributed by atoms with E-state index in [4.69, 9.17) is 20.8 Å². The average molecular weight is 754 g/mol. The number of benzene rings is 3. The minimum atomic E-state index is -6.05. The van der Waals surface area contributed by atoms with Crippen molar-refractivity contribution < 1.29 is 56.7 Å². The Hall–Kier alpha value is -2.52. The smallest absolute Gasteiger partial charge is 0.790 e. The maximum atomic E-state index is 14.1. The first-order valence-electron chi connectivity index (χ1n) is 20.0. The summed E-state index contributed by atoms with van der Waals surface area (Å²) < 4.78 is 135. The normalized spacial score (nSPS) is 18.0. The van der Waals surface area contributed by atoms with Crippen LogP contribution < -0.4 is 26.2 Å². The molecule has 0 bridgehead atoms. The molecule has 16 heteroatoms. The molecule has 3 rings (SSSR count). The summed E-state index contributed by atoms with van der Waals surface area (Å²) in [6, 6.07) is 17.4. The van der Waals surface area contributed by atoms with Crippen molar-refractivity contribution in [3.8, 4) is 0 Å². The zero-order valence-electron chi connectivity index (χ0n) is 37.2. The number of nitrogens with two attached hydrogens (primary N) is 1. The van der Waals surface area contributed by atoms with Gasteiger partial charge in [0.25, 0.3) is 0 Å². The van der Waals surface area contributed by atoms with Gasteiger partial charge in [-0.2, -0.15) is 4.31 Å². The number of hydrogen-bond acceptors (Lipinski definition) is 10. The van der Waals surface area contributed by atoms with Crippen molar-refractivity contribution in [2.45, 2.75) is 55.9 Å². The van der Waals surface area contributed by atoms with Crippen LogP contribution in [0.2, 0.25) is 0 Å². The Labute approximate surface area is 333 Å². The standard InChI is InChI=1S/C33H45N4O9PS.Ca/c1-24(2)22-37(48(43,44)29-19-17-27(34)18-20-29)28(23-46-47(40,41)42)16-10-11-21-35-32(38)31(36-33(39)45-3)30(25-12-6-4-7-13-25)26-14-8-5-9-15-26;/h4-9,12-15,17-20,24,28,30-31H,10-11,16,21-23,34H2,1-3H3,(H,35,38)(H,36,39)(H2,40,41,42);/q;+2/p-2/t28-,31-;/m0./s1/i1D3,2D3,3D3,23D,24D;/t23?,28-,31-;. The molecule has 0 saturated heterocycles. The summed E-state index contributed by atoms with van der Waals surface area (Å²) in [4.78, 5) is 49.3. The number of unbranched alkanes of at least 4 members (excludes halogenated alkanes) is 1. The second-order valence-corrected chi connectivity index (χ2v) is 13.4. The van der Waals surface area contributed by atoms with Crippen LogP contribution in [0.1, 0.15) is 65.1 Å². The Kier molecular flexibility index (Phi) is 11.7. The van der Waals surface area contributed by atoms with Crippen molar-refractivity contribution in [2.24, 2.45) is 5.89 Å². The number of methoxy groups -OCH3 is 1. The number of amides is 2. The molecule has 0 spiro atoms. The number of rotatable bonds is 18. The Bertz CT molecular complexity index is 1960. The first kappa shape index (κ1) is 28.1. The van der Waals surface area contributed by atoms with E-state index in [-0.39, 0.29) is 67.1 Å². The number of ether oxygens (including phenoxy) is 1. The van der Waals surface area contributed by atoms with Crippen LogP contribution in [0.4, 0.5) is 10.5 Å².